The molecule has 1 aliphatic carbocycles. The van der Waals surface area contributed by atoms with E-state index in [0.717, 1.165) is 13.8 Å². The van der Waals surface area contributed by atoms with E-state index in [1.807, 2.05) is 0 Å². The van der Waals surface area contributed by atoms with Crippen molar-refractivity contribution in [2.75, 3.05) is 6.61 Å². The zero-order chi connectivity index (χ0) is 35.4. The first-order chi connectivity index (χ1) is 21.4. The summed E-state index contributed by atoms with van der Waals surface area (Å²) in [6.45, 7) is -6.10. The lowest BCUT2D eigenvalue weighted by Crippen LogP contribution is -2.26. The van der Waals surface area contributed by atoms with Gasteiger partial charge in [0.1, 0.15) is 11.6 Å². The van der Waals surface area contributed by atoms with Crippen LogP contribution in [0, 0.1) is 5.82 Å². The van der Waals surface area contributed by atoms with E-state index in [1.165, 1.54) is 18.2 Å². The van der Waals surface area contributed by atoms with Crippen LogP contribution in [0.25, 0.3) is 10.9 Å². The van der Waals surface area contributed by atoms with Crippen molar-refractivity contribution in [3.63, 3.8) is 0 Å². The van der Waals surface area contributed by atoms with Crippen molar-refractivity contribution >= 4 is 16.7 Å². The number of ether oxygens (including phenoxy) is 2. The average Bonchev–Trinajstić information content (AvgIpc) is 3.61. The number of aromatic nitrogens is 1. The maximum absolute atomic E-state index is 16.1. The zero-order valence-corrected chi connectivity index (χ0v) is 19.8. The lowest BCUT2D eigenvalue weighted by atomic mass is 9.86. The number of aliphatic hydroxyl groups excluding tert-OH is 2. The third kappa shape index (κ3) is 4.48. The minimum Gasteiger partial charge on any atom is -0.395 e. The van der Waals surface area contributed by atoms with Crippen molar-refractivity contribution in [3.8, 4) is 11.5 Å². The predicted octanol–water partition coefficient (Wildman–Crippen LogP) is 4.99. The van der Waals surface area contributed by atoms with Gasteiger partial charge in [0.25, 0.3) is 0 Å². The van der Waals surface area contributed by atoms with Crippen LogP contribution >= 0.6 is 0 Å². The first-order valence-corrected chi connectivity index (χ1v) is 11.4. The van der Waals surface area contributed by atoms with Crippen LogP contribution in [-0.2, 0) is 28.5 Å². The molecule has 2 atom stereocenters. The highest BCUT2D eigenvalue weighted by atomic mass is 19.3. The van der Waals surface area contributed by atoms with E-state index in [9.17, 15) is 23.8 Å². The fourth-order valence-electron chi connectivity index (χ4n) is 4.39. The van der Waals surface area contributed by atoms with E-state index in [4.69, 9.17) is 13.7 Å². The minimum atomic E-state index is -3.91. The molecule has 1 aliphatic heterocycles. The third-order valence-electron chi connectivity index (χ3n) is 6.70. The first kappa shape index (κ1) is 16.0. The van der Waals surface area contributed by atoms with Gasteiger partial charge in [0.15, 0.2) is 11.5 Å². The molecule has 2 aromatic carbocycles. The number of hydrogen-bond donors (Lipinski definition) is 2. The number of fused-ring (bicyclic) bond motifs is 2. The summed E-state index contributed by atoms with van der Waals surface area (Å²) in [5.41, 5.74) is -6.30. The molecule has 0 bridgehead atoms. The lowest BCUT2D eigenvalue weighted by molar-refractivity contribution is -0.286. The third-order valence-corrected chi connectivity index (χ3v) is 6.70. The number of aliphatic hydroxyl groups is 2. The van der Waals surface area contributed by atoms with E-state index in [-0.39, 0.29) is 29.9 Å². The Morgan fingerprint density at radius 2 is 2.03 bits per heavy atom. The molecule has 2 heterocycles. The molecule has 0 radical (unpaired) electrons. The van der Waals surface area contributed by atoms with Crippen LogP contribution in [0.2, 0.25) is 0 Å². The summed E-state index contributed by atoms with van der Waals surface area (Å²) in [5.74, 6) is -2.76. The number of carbonyl (C=O) groups excluding carboxylic acids is 1. The Hall–Kier alpha value is -3.04. The van der Waals surface area contributed by atoms with Crippen LogP contribution in [0.5, 0.6) is 11.5 Å². The Kier molecular flexibility index (Phi) is 3.80. The number of benzene rings is 2. The highest BCUT2D eigenvalue weighted by Gasteiger charge is 2.52. The van der Waals surface area contributed by atoms with E-state index < -0.39 is 108 Å². The molecule has 9 heteroatoms. The summed E-state index contributed by atoms with van der Waals surface area (Å²) in [5, 5.41) is 19.4. The number of rotatable bonds is 9. The van der Waals surface area contributed by atoms with Gasteiger partial charge in [-0.2, -0.15) is 0 Å². The number of hydrogen-bond acceptors (Lipinski definition) is 5. The van der Waals surface area contributed by atoms with Crippen molar-refractivity contribution in [1.29, 1.82) is 0 Å². The fraction of sp³-hybridized carbons (Fsp3) is 0.464. The molecular weight excluding hydrogens is 487 g/mol. The normalized spacial score (nSPS) is 24.6. The molecule has 0 amide bonds. The minimum absolute atomic E-state index is 0.221. The Morgan fingerprint density at radius 3 is 2.68 bits per heavy atom. The second-order valence-electron chi connectivity index (χ2n) is 9.29. The monoisotopic (exact) mass is 527 g/mol. The Bertz CT molecular complexity index is 1790. The first-order valence-electron chi connectivity index (χ1n) is 16.4. The molecule has 0 saturated heterocycles. The summed E-state index contributed by atoms with van der Waals surface area (Å²) < 4.78 is 138. The van der Waals surface area contributed by atoms with Gasteiger partial charge >= 0.3 is 6.29 Å². The molecule has 6 nitrogen and oxygen atoms in total. The van der Waals surface area contributed by atoms with E-state index in [1.54, 1.807) is 0 Å². The van der Waals surface area contributed by atoms with Gasteiger partial charge < -0.3 is 24.3 Å². The second-order valence-corrected chi connectivity index (χ2v) is 9.29. The van der Waals surface area contributed by atoms with Crippen LogP contribution in [0.1, 0.15) is 70.4 Å². The number of halogens is 3. The van der Waals surface area contributed by atoms with E-state index >= 15 is 4.39 Å². The van der Waals surface area contributed by atoms with Crippen LogP contribution in [0.15, 0.2) is 36.3 Å². The molecule has 3 aromatic rings. The second kappa shape index (κ2) is 8.77. The maximum Gasteiger partial charge on any atom is 0.586 e. The molecule has 1 fully saturated rings. The van der Waals surface area contributed by atoms with Crippen molar-refractivity contribution in [3.05, 3.63) is 59.0 Å². The van der Waals surface area contributed by atoms with Crippen molar-refractivity contribution in [1.82, 2.24) is 4.57 Å². The lowest BCUT2D eigenvalue weighted by Gasteiger charge is -2.26. The predicted molar refractivity (Wildman–Crippen MR) is 131 cm³/mol. The molecule has 1 unspecified atom stereocenters. The fourth-order valence-corrected chi connectivity index (χ4v) is 4.39. The number of alkyl halides is 2. The van der Waals surface area contributed by atoms with E-state index in [0.29, 0.717) is 4.57 Å². The van der Waals surface area contributed by atoms with Crippen LogP contribution in [-0.4, -0.2) is 39.6 Å². The SMILES string of the molecule is [2H]c1c(CC(=O)C2(c3ccc4c(c3)OC(F)(F)O4)CC2)c(F)c([2H])c2c1c([2H])c(C(C)(C([2H])([2H])[2H])C([2H])([2H])C)n2C([2H])([2H])[C@@H](O)CO. The molecule has 0 spiro atoms. The Labute approximate surface area is 226 Å². The average molecular weight is 528 g/mol. The number of carbonyl (C=O) groups is 1. The molecule has 1 aromatic heterocycles. The summed E-state index contributed by atoms with van der Waals surface area (Å²) in [6.07, 6.45) is -9.40. The molecule has 1 saturated carbocycles. The van der Waals surface area contributed by atoms with Gasteiger partial charge in [-0.15, -0.1) is 8.78 Å². The number of nitrogens with zero attached hydrogens (tertiary/aromatic N) is 1. The van der Waals surface area contributed by atoms with Gasteiger partial charge in [-0.05, 0) is 60.6 Å². The summed E-state index contributed by atoms with van der Waals surface area (Å²) >= 11 is 0. The number of Topliss-reactive ketones (excluding diaryl/α,β-unsaturated/α-hetero) is 1. The Balaban J connectivity index is 1.73. The van der Waals surface area contributed by atoms with Gasteiger partial charge in [0, 0.05) is 29.8 Å². The smallest absolute Gasteiger partial charge is 0.395 e. The molecule has 2 aliphatic rings. The largest absolute Gasteiger partial charge is 0.586 e. The van der Waals surface area contributed by atoms with Gasteiger partial charge in [0.05, 0.1) is 37.0 Å². The van der Waals surface area contributed by atoms with Crippen molar-refractivity contribution in [2.45, 2.75) is 76.1 Å². The van der Waals surface area contributed by atoms with Gasteiger partial charge in [0.2, 0.25) is 0 Å². The highest BCUT2D eigenvalue weighted by Crippen LogP contribution is 2.52. The zero-order valence-electron chi connectivity index (χ0n) is 29.8. The van der Waals surface area contributed by atoms with Gasteiger partial charge in [-0.1, -0.05) is 26.8 Å². The van der Waals surface area contributed by atoms with Gasteiger partial charge in [-0.25, -0.2) is 4.39 Å². The maximum atomic E-state index is 16.1. The van der Waals surface area contributed by atoms with Crippen molar-refractivity contribution < 1.29 is 51.4 Å². The molecular formula is C28H30F3NO5. The topological polar surface area (TPSA) is 80.9 Å². The summed E-state index contributed by atoms with van der Waals surface area (Å²) in [7, 11) is 0. The molecule has 2 N–H and O–H groups in total. The molecule has 198 valence electrons. The number of ketones is 1. The van der Waals surface area contributed by atoms with Crippen LogP contribution in [0.3, 0.4) is 0 Å². The highest BCUT2D eigenvalue weighted by molar-refractivity contribution is 5.95. The van der Waals surface area contributed by atoms with Crippen molar-refractivity contribution in [2.24, 2.45) is 0 Å². The van der Waals surface area contributed by atoms with E-state index in [2.05, 4.69) is 9.47 Å². The molecule has 37 heavy (non-hydrogen) atoms. The quantitative estimate of drug-likeness (QED) is 0.410. The van der Waals surface area contributed by atoms with Crippen LogP contribution in [0.4, 0.5) is 13.2 Å². The van der Waals surface area contributed by atoms with Gasteiger partial charge in [-0.3, -0.25) is 4.79 Å². The summed E-state index contributed by atoms with van der Waals surface area (Å²) in [6, 6.07) is 0.726. The Morgan fingerprint density at radius 1 is 1.30 bits per heavy atom. The standard InChI is InChI=1S/C28H30F3NO5/c1-4-26(2,3)24-10-17-9-16(20(29)13-21(17)32(24)14-19(34)15-33)11-25(35)27(7-8-27)18-5-6-22-23(12-18)37-28(30,31)36-22/h5-6,9-10,12-13,19,33-34H,4,7-8,11,14-15H2,1-3H3/t19-/m1/s1/i2D3,4D2,9D,10D,13D,14D2/t19-,26?. The molecule has 5 rings (SSSR count). The summed E-state index contributed by atoms with van der Waals surface area (Å²) in [4.78, 5) is 13.7. The van der Waals surface area contributed by atoms with Crippen LogP contribution < -0.4 is 9.47 Å².